The number of H-pyrrole nitrogens is 1. The number of carbonyl (C=O) groups is 1. The second-order valence-electron chi connectivity index (χ2n) is 3.41. The first-order valence-electron chi connectivity index (χ1n) is 5.50. The van der Waals surface area contributed by atoms with Gasteiger partial charge < -0.3 is 9.72 Å². The van der Waals surface area contributed by atoms with E-state index in [0.29, 0.717) is 23.9 Å². The number of nitrogens with zero attached hydrogens (tertiary/aromatic N) is 1. The van der Waals surface area contributed by atoms with Crippen molar-refractivity contribution in [2.75, 3.05) is 6.61 Å². The fourth-order valence-electron chi connectivity index (χ4n) is 1.20. The number of hydrogen-bond acceptors (Lipinski definition) is 5. The number of rotatable bonds is 5. The van der Waals surface area contributed by atoms with E-state index in [4.69, 9.17) is 4.74 Å². The normalized spacial score (nSPS) is 12.2. The summed E-state index contributed by atoms with van der Waals surface area (Å²) in [5, 5.41) is 0.0695. The fraction of sp³-hybridized carbons (Fsp3) is 0.545. The van der Waals surface area contributed by atoms with Crippen LogP contribution >= 0.6 is 11.8 Å². The third-order valence-electron chi connectivity index (χ3n) is 2.04. The summed E-state index contributed by atoms with van der Waals surface area (Å²) in [5.74, 6) is -0.304. The Labute approximate surface area is 104 Å². The van der Waals surface area contributed by atoms with E-state index in [1.165, 1.54) is 17.8 Å². The number of esters is 1. The molecule has 0 amide bonds. The third kappa shape index (κ3) is 4.22. The standard InChI is InChI=1S/C11H16N2O3S/c1-4-8-6-9(14)13-11(12-8)17-7(3)10(15)16-5-2/h6-7H,4-5H2,1-3H3,(H,12,13,14)/t7-/m0/s1. The molecule has 1 aromatic heterocycles. The van der Waals surface area contributed by atoms with Crippen molar-refractivity contribution in [3.63, 3.8) is 0 Å². The van der Waals surface area contributed by atoms with E-state index >= 15 is 0 Å². The van der Waals surface area contributed by atoms with Crippen molar-refractivity contribution in [3.8, 4) is 0 Å². The largest absolute Gasteiger partial charge is 0.465 e. The van der Waals surface area contributed by atoms with Gasteiger partial charge in [0.2, 0.25) is 0 Å². The molecule has 0 unspecified atom stereocenters. The highest BCUT2D eigenvalue weighted by atomic mass is 32.2. The number of ether oxygens (including phenoxy) is 1. The quantitative estimate of drug-likeness (QED) is 0.489. The second-order valence-corrected chi connectivity index (χ2v) is 4.74. The topological polar surface area (TPSA) is 72.0 Å². The highest BCUT2D eigenvalue weighted by Crippen LogP contribution is 2.19. The molecule has 0 spiro atoms. The zero-order valence-corrected chi connectivity index (χ0v) is 11.0. The summed E-state index contributed by atoms with van der Waals surface area (Å²) in [6.07, 6.45) is 0.686. The van der Waals surface area contributed by atoms with E-state index in [1.54, 1.807) is 13.8 Å². The van der Waals surface area contributed by atoms with Crippen LogP contribution in [0.2, 0.25) is 0 Å². The Morgan fingerprint density at radius 3 is 2.88 bits per heavy atom. The average molecular weight is 256 g/mol. The van der Waals surface area contributed by atoms with Crippen molar-refractivity contribution in [2.45, 2.75) is 37.6 Å². The van der Waals surface area contributed by atoms with Gasteiger partial charge in [-0.3, -0.25) is 9.59 Å². The highest BCUT2D eigenvalue weighted by Gasteiger charge is 2.16. The number of carbonyl (C=O) groups excluding carboxylic acids is 1. The molecular weight excluding hydrogens is 240 g/mol. The van der Waals surface area contributed by atoms with E-state index < -0.39 is 0 Å². The van der Waals surface area contributed by atoms with E-state index in [1.807, 2.05) is 6.92 Å². The Hall–Kier alpha value is -1.30. The number of aryl methyl sites for hydroxylation is 1. The van der Waals surface area contributed by atoms with Crippen LogP contribution < -0.4 is 5.56 Å². The third-order valence-corrected chi connectivity index (χ3v) is 3.00. The molecule has 1 rings (SSSR count). The van der Waals surface area contributed by atoms with E-state index in [9.17, 15) is 9.59 Å². The minimum atomic E-state index is -0.384. The molecule has 1 heterocycles. The average Bonchev–Trinajstić information content (AvgIpc) is 2.28. The number of aromatic nitrogens is 2. The first-order valence-corrected chi connectivity index (χ1v) is 6.38. The lowest BCUT2D eigenvalue weighted by Gasteiger charge is -2.09. The number of thioether (sulfide) groups is 1. The van der Waals surface area contributed by atoms with Gasteiger partial charge in [0.25, 0.3) is 5.56 Å². The lowest BCUT2D eigenvalue weighted by Crippen LogP contribution is -2.18. The molecule has 0 fully saturated rings. The van der Waals surface area contributed by atoms with Gasteiger partial charge in [-0.15, -0.1) is 0 Å². The summed E-state index contributed by atoms with van der Waals surface area (Å²) in [4.78, 5) is 29.6. The maximum Gasteiger partial charge on any atom is 0.319 e. The van der Waals surface area contributed by atoms with Gasteiger partial charge in [0.1, 0.15) is 5.25 Å². The van der Waals surface area contributed by atoms with Crippen LogP contribution in [0.1, 0.15) is 26.5 Å². The van der Waals surface area contributed by atoms with Crippen molar-refractivity contribution >= 4 is 17.7 Å². The van der Waals surface area contributed by atoms with Gasteiger partial charge in [0.05, 0.1) is 6.61 Å². The van der Waals surface area contributed by atoms with Crippen LogP contribution in [0, 0.1) is 0 Å². The van der Waals surface area contributed by atoms with Gasteiger partial charge in [0.15, 0.2) is 5.16 Å². The van der Waals surface area contributed by atoms with Crippen LogP contribution in [0.15, 0.2) is 16.0 Å². The molecule has 0 bridgehead atoms. The van der Waals surface area contributed by atoms with Crippen molar-refractivity contribution < 1.29 is 9.53 Å². The van der Waals surface area contributed by atoms with Gasteiger partial charge in [-0.25, -0.2) is 4.98 Å². The maximum absolute atomic E-state index is 11.4. The van der Waals surface area contributed by atoms with Crippen molar-refractivity contribution in [3.05, 3.63) is 22.1 Å². The van der Waals surface area contributed by atoms with Gasteiger partial charge in [-0.05, 0) is 20.3 Å². The molecule has 1 aromatic rings. The molecule has 0 aliphatic heterocycles. The molecule has 94 valence electrons. The van der Waals surface area contributed by atoms with Crippen molar-refractivity contribution in [1.82, 2.24) is 9.97 Å². The molecule has 17 heavy (non-hydrogen) atoms. The lowest BCUT2D eigenvalue weighted by atomic mass is 10.3. The van der Waals surface area contributed by atoms with Crippen LogP contribution in [-0.2, 0) is 16.0 Å². The molecule has 0 saturated carbocycles. The number of nitrogens with one attached hydrogen (secondary N) is 1. The Kier molecular flexibility index (Phi) is 5.21. The smallest absolute Gasteiger partial charge is 0.319 e. The molecule has 0 aliphatic rings. The first-order chi connectivity index (χ1) is 8.06. The van der Waals surface area contributed by atoms with Gasteiger partial charge in [-0.2, -0.15) is 0 Å². The first kappa shape index (κ1) is 13.8. The van der Waals surface area contributed by atoms with E-state index in [-0.39, 0.29) is 16.8 Å². The Balaban J connectivity index is 2.77. The lowest BCUT2D eigenvalue weighted by molar-refractivity contribution is -0.142. The molecule has 0 radical (unpaired) electrons. The SMILES string of the molecule is CCOC(=O)[C@H](C)Sc1nc(CC)cc(=O)[nH]1. The second kappa shape index (κ2) is 6.44. The van der Waals surface area contributed by atoms with E-state index in [2.05, 4.69) is 9.97 Å². The molecule has 0 saturated heterocycles. The monoisotopic (exact) mass is 256 g/mol. The van der Waals surface area contributed by atoms with Crippen LogP contribution in [0.5, 0.6) is 0 Å². The summed E-state index contributed by atoms with van der Waals surface area (Å²) in [6, 6.07) is 1.46. The Morgan fingerprint density at radius 1 is 1.59 bits per heavy atom. The van der Waals surface area contributed by atoms with Crippen LogP contribution in [0.4, 0.5) is 0 Å². The maximum atomic E-state index is 11.4. The number of aromatic amines is 1. The van der Waals surface area contributed by atoms with Gasteiger partial charge in [-0.1, -0.05) is 18.7 Å². The summed E-state index contributed by atoms with van der Waals surface area (Å²) in [7, 11) is 0. The Morgan fingerprint density at radius 2 is 2.29 bits per heavy atom. The zero-order valence-electron chi connectivity index (χ0n) is 10.1. The molecule has 0 aliphatic carbocycles. The zero-order chi connectivity index (χ0) is 12.8. The minimum Gasteiger partial charge on any atom is -0.465 e. The molecule has 1 N–H and O–H groups in total. The summed E-state index contributed by atoms with van der Waals surface area (Å²) in [6.45, 7) is 5.75. The van der Waals surface area contributed by atoms with E-state index in [0.717, 1.165) is 0 Å². The molecule has 1 atom stereocenters. The van der Waals surface area contributed by atoms with Crippen LogP contribution in [0.25, 0.3) is 0 Å². The van der Waals surface area contributed by atoms with Gasteiger partial charge >= 0.3 is 5.97 Å². The molecule has 5 nitrogen and oxygen atoms in total. The summed E-state index contributed by atoms with van der Waals surface area (Å²) < 4.78 is 4.88. The fourth-order valence-corrected chi connectivity index (χ4v) is 2.02. The Bertz CT molecular complexity index is 445. The highest BCUT2D eigenvalue weighted by molar-refractivity contribution is 8.00. The molecule has 0 aromatic carbocycles. The van der Waals surface area contributed by atoms with Crippen molar-refractivity contribution in [1.29, 1.82) is 0 Å². The molecule has 6 heteroatoms. The minimum absolute atomic E-state index is 0.199. The predicted octanol–water partition coefficient (Wildman–Crippen LogP) is 1.38. The number of hydrogen-bond donors (Lipinski definition) is 1. The molecular formula is C11H16N2O3S. The summed E-state index contributed by atoms with van der Waals surface area (Å²) >= 11 is 1.19. The van der Waals surface area contributed by atoms with Gasteiger partial charge in [0, 0.05) is 11.8 Å². The van der Waals surface area contributed by atoms with Crippen LogP contribution in [-0.4, -0.2) is 27.8 Å². The predicted molar refractivity (Wildman–Crippen MR) is 66.2 cm³/mol. The van der Waals surface area contributed by atoms with Crippen LogP contribution in [0.3, 0.4) is 0 Å². The summed E-state index contributed by atoms with van der Waals surface area (Å²) in [5.41, 5.74) is 0.516. The van der Waals surface area contributed by atoms with Crippen molar-refractivity contribution in [2.24, 2.45) is 0 Å².